The first kappa shape index (κ1) is 29.1. The van der Waals surface area contributed by atoms with Crippen LogP contribution in [-0.2, 0) is 37.1 Å². The van der Waals surface area contributed by atoms with Crippen LogP contribution in [0.3, 0.4) is 0 Å². The van der Waals surface area contributed by atoms with Gasteiger partial charge in [-0.05, 0) is 74.1 Å². The van der Waals surface area contributed by atoms with E-state index in [0.717, 1.165) is 37.1 Å². The first-order valence-corrected chi connectivity index (χ1v) is 17.5. The van der Waals surface area contributed by atoms with E-state index in [4.69, 9.17) is 14.2 Å². The number of benzene rings is 2. The van der Waals surface area contributed by atoms with Gasteiger partial charge in [-0.25, -0.2) is 8.42 Å². The molecule has 1 spiro atoms. The molecule has 0 radical (unpaired) electrons. The van der Waals surface area contributed by atoms with Crippen molar-refractivity contribution in [1.29, 1.82) is 0 Å². The highest BCUT2D eigenvalue weighted by molar-refractivity contribution is 7.88. The second-order valence-electron chi connectivity index (χ2n) is 13.8. The van der Waals surface area contributed by atoms with Crippen molar-refractivity contribution >= 4 is 16.0 Å². The number of ether oxygens (including phenoxy) is 3. The summed E-state index contributed by atoms with van der Waals surface area (Å²) < 4.78 is 49.9. The van der Waals surface area contributed by atoms with Gasteiger partial charge in [-0.3, -0.25) is 9.69 Å². The highest BCUT2D eigenvalue weighted by atomic mass is 32.2. The largest absolute Gasteiger partial charge is 0.493 e. The molecule has 3 fully saturated rings. The summed E-state index contributed by atoms with van der Waals surface area (Å²) in [6, 6.07) is 13.2. The summed E-state index contributed by atoms with van der Waals surface area (Å²) in [6.45, 7) is 7.92. The van der Waals surface area contributed by atoms with Crippen LogP contribution in [0.1, 0.15) is 69.6 Å². The molecule has 2 bridgehead atoms. The maximum absolute atomic E-state index is 14.3. The summed E-state index contributed by atoms with van der Waals surface area (Å²) >= 11 is 0. The average molecular weight is 609 g/mol. The highest BCUT2D eigenvalue weighted by Crippen LogP contribution is 2.67. The van der Waals surface area contributed by atoms with Gasteiger partial charge in [0.05, 0.1) is 30.4 Å². The quantitative estimate of drug-likeness (QED) is 0.362. The smallest absolute Gasteiger partial charge is 0.303 e. The maximum atomic E-state index is 14.3. The summed E-state index contributed by atoms with van der Waals surface area (Å²) in [5.74, 6) is 1.83. The van der Waals surface area contributed by atoms with Crippen LogP contribution in [0.2, 0.25) is 0 Å². The van der Waals surface area contributed by atoms with E-state index in [0.29, 0.717) is 36.8 Å². The molecule has 2 aliphatic heterocycles. The molecule has 8 nitrogen and oxygen atoms in total. The van der Waals surface area contributed by atoms with Gasteiger partial charge < -0.3 is 14.2 Å². The van der Waals surface area contributed by atoms with Crippen molar-refractivity contribution in [3.05, 3.63) is 59.2 Å². The second kappa shape index (κ2) is 10.5. The average Bonchev–Trinajstić information content (AvgIpc) is 3.70. The third-order valence-corrected chi connectivity index (χ3v) is 12.5. The molecular weight excluding hydrogens is 564 g/mol. The predicted molar refractivity (Wildman–Crippen MR) is 164 cm³/mol. The molecule has 9 heteroatoms. The normalized spacial score (nSPS) is 31.1. The Morgan fingerprint density at radius 2 is 1.88 bits per heavy atom. The SMILES string of the molecule is COc1ccc2c3c1OC1C(N(CC(C)C)S(=O)(=O)Cc4ccccc4)CC[C@@]4(OC(C)=O)[C@@H](C2)N(CC2CC2)CC[C@]314. The number of nitrogens with zero attached hydrogens (tertiary/aromatic N) is 2. The van der Waals surface area contributed by atoms with E-state index in [1.807, 2.05) is 36.4 Å². The molecule has 0 N–H and O–H groups in total. The van der Waals surface area contributed by atoms with Crippen LogP contribution in [0.5, 0.6) is 11.5 Å². The molecule has 5 atom stereocenters. The van der Waals surface area contributed by atoms with E-state index in [9.17, 15) is 13.2 Å². The lowest BCUT2D eigenvalue weighted by Gasteiger charge is -2.65. The predicted octanol–water partition coefficient (Wildman–Crippen LogP) is 4.69. The van der Waals surface area contributed by atoms with Gasteiger partial charge in [-0.2, -0.15) is 4.31 Å². The van der Waals surface area contributed by atoms with Crippen molar-refractivity contribution in [2.75, 3.05) is 26.7 Å². The Bertz CT molecular complexity index is 1510. The number of esters is 1. The molecule has 3 aliphatic carbocycles. The Balaban J connectivity index is 1.38. The van der Waals surface area contributed by atoms with E-state index in [-0.39, 0.29) is 23.7 Å². The lowest BCUT2D eigenvalue weighted by molar-refractivity contribution is -0.222. The zero-order valence-corrected chi connectivity index (χ0v) is 26.6. The summed E-state index contributed by atoms with van der Waals surface area (Å²) in [5, 5.41) is 0. The topological polar surface area (TPSA) is 85.4 Å². The van der Waals surface area contributed by atoms with E-state index in [1.165, 1.54) is 25.3 Å². The second-order valence-corrected chi connectivity index (χ2v) is 15.8. The fourth-order valence-electron chi connectivity index (χ4n) is 9.02. The summed E-state index contributed by atoms with van der Waals surface area (Å²) in [7, 11) is -2.06. The molecule has 43 heavy (non-hydrogen) atoms. The number of methoxy groups -OCH3 is 1. The molecular formula is C34H44N2O6S. The van der Waals surface area contributed by atoms with Crippen LogP contribution < -0.4 is 9.47 Å². The van der Waals surface area contributed by atoms with Crippen molar-refractivity contribution in [3.63, 3.8) is 0 Å². The van der Waals surface area contributed by atoms with Crippen LogP contribution >= 0.6 is 0 Å². The van der Waals surface area contributed by atoms with Crippen molar-refractivity contribution in [2.45, 2.75) is 94.3 Å². The Hall–Kier alpha value is -2.62. The minimum atomic E-state index is -3.71. The van der Waals surface area contributed by atoms with Crippen LogP contribution in [0, 0.1) is 11.8 Å². The minimum absolute atomic E-state index is 0.0177. The molecule has 2 heterocycles. The van der Waals surface area contributed by atoms with E-state index in [1.54, 1.807) is 11.4 Å². The van der Waals surface area contributed by atoms with Gasteiger partial charge in [-0.15, -0.1) is 0 Å². The molecule has 1 saturated heterocycles. The first-order valence-electron chi connectivity index (χ1n) is 15.9. The minimum Gasteiger partial charge on any atom is -0.493 e. The lowest BCUT2D eigenvalue weighted by Crippen LogP contribution is -2.79. The van der Waals surface area contributed by atoms with Gasteiger partial charge >= 0.3 is 5.97 Å². The molecule has 2 aromatic carbocycles. The number of piperidine rings is 1. The highest BCUT2D eigenvalue weighted by Gasteiger charge is 2.76. The number of rotatable bonds is 10. The zero-order chi connectivity index (χ0) is 30.1. The number of hydrogen-bond donors (Lipinski definition) is 0. The van der Waals surface area contributed by atoms with Gasteiger partial charge in [-0.1, -0.05) is 50.2 Å². The van der Waals surface area contributed by atoms with Crippen LogP contribution in [-0.4, -0.2) is 74.1 Å². The molecule has 2 aromatic rings. The number of sulfonamides is 1. The van der Waals surface area contributed by atoms with Crippen molar-refractivity contribution in [2.24, 2.45) is 11.8 Å². The van der Waals surface area contributed by atoms with Gasteiger partial charge in [0.25, 0.3) is 0 Å². The molecule has 2 saturated carbocycles. The molecule has 0 aromatic heterocycles. The standard InChI is InChI=1S/C34H44N2O6S/c1-22(2)19-36(43(38,39)21-25-8-6-5-7-9-25)27-14-15-34(42-23(3)37)29-18-26-12-13-28(40-4)31-30(26)33(34,32(27)41-31)16-17-35(29)20-24-10-11-24/h5-9,12-13,22,24,27,29,32H,10-11,14-21H2,1-4H3/t27?,29-,32?,33+,34-/m1/s1. The summed E-state index contributed by atoms with van der Waals surface area (Å²) in [6.07, 6.45) is 4.67. The fraction of sp³-hybridized carbons (Fsp3) is 0.618. The zero-order valence-electron chi connectivity index (χ0n) is 25.8. The fourth-order valence-corrected chi connectivity index (χ4v) is 11.0. The Labute approximate surface area is 255 Å². The number of carbonyl (C=O) groups is 1. The molecule has 7 rings (SSSR count). The summed E-state index contributed by atoms with van der Waals surface area (Å²) in [4.78, 5) is 15.6. The van der Waals surface area contributed by atoms with Crippen molar-refractivity contribution < 1.29 is 27.4 Å². The number of hydrogen-bond acceptors (Lipinski definition) is 7. The number of likely N-dealkylation sites (tertiary alicyclic amines) is 1. The first-order chi connectivity index (χ1) is 20.6. The third kappa shape index (κ3) is 4.52. The van der Waals surface area contributed by atoms with Gasteiger partial charge in [0.15, 0.2) is 11.5 Å². The lowest BCUT2D eigenvalue weighted by atomic mass is 9.48. The van der Waals surface area contributed by atoms with Crippen LogP contribution in [0.25, 0.3) is 0 Å². The van der Waals surface area contributed by atoms with Crippen molar-refractivity contribution in [3.8, 4) is 11.5 Å². The van der Waals surface area contributed by atoms with Crippen molar-refractivity contribution in [1.82, 2.24) is 9.21 Å². The third-order valence-electron chi connectivity index (χ3n) is 10.7. The van der Waals surface area contributed by atoms with Crippen LogP contribution in [0.4, 0.5) is 0 Å². The van der Waals surface area contributed by atoms with Gasteiger partial charge in [0.1, 0.15) is 11.7 Å². The van der Waals surface area contributed by atoms with E-state index >= 15 is 0 Å². The molecule has 232 valence electrons. The van der Waals surface area contributed by atoms with Gasteiger partial charge in [0.2, 0.25) is 10.0 Å². The Kier molecular flexibility index (Phi) is 7.10. The van der Waals surface area contributed by atoms with E-state index in [2.05, 4.69) is 24.8 Å². The van der Waals surface area contributed by atoms with E-state index < -0.39 is 33.2 Å². The van der Waals surface area contributed by atoms with Gasteiger partial charge in [0, 0.05) is 25.6 Å². The maximum Gasteiger partial charge on any atom is 0.303 e. The Morgan fingerprint density at radius 3 is 2.56 bits per heavy atom. The molecule has 0 amide bonds. The van der Waals surface area contributed by atoms with Crippen LogP contribution in [0.15, 0.2) is 42.5 Å². The Morgan fingerprint density at radius 1 is 1.12 bits per heavy atom. The molecule has 2 unspecified atom stereocenters. The number of carbonyl (C=O) groups excluding carboxylic acids is 1. The molecule has 5 aliphatic rings. The monoisotopic (exact) mass is 608 g/mol. The summed E-state index contributed by atoms with van der Waals surface area (Å²) in [5.41, 5.74) is 1.58.